The van der Waals surface area contributed by atoms with E-state index in [1.54, 1.807) is 0 Å². The summed E-state index contributed by atoms with van der Waals surface area (Å²) in [7, 11) is 0. The first kappa shape index (κ1) is 15.5. The van der Waals surface area contributed by atoms with Gasteiger partial charge in [0.2, 0.25) is 5.91 Å². The Morgan fingerprint density at radius 2 is 2.00 bits per heavy atom. The lowest BCUT2D eigenvalue weighted by Gasteiger charge is -2.19. The van der Waals surface area contributed by atoms with Gasteiger partial charge in [-0.1, -0.05) is 39.7 Å². The van der Waals surface area contributed by atoms with E-state index >= 15 is 0 Å². The maximum absolute atomic E-state index is 12.3. The van der Waals surface area contributed by atoms with Crippen molar-refractivity contribution in [3.05, 3.63) is 30.2 Å². The van der Waals surface area contributed by atoms with Gasteiger partial charge in [-0.3, -0.25) is 9.20 Å². The van der Waals surface area contributed by atoms with E-state index in [0.29, 0.717) is 0 Å². The first-order valence-corrected chi connectivity index (χ1v) is 7.77. The zero-order valence-corrected chi connectivity index (χ0v) is 13.0. The Morgan fingerprint density at radius 1 is 1.24 bits per heavy atom. The second-order valence-electron chi connectivity index (χ2n) is 5.53. The van der Waals surface area contributed by atoms with Crippen molar-refractivity contribution in [2.45, 2.75) is 52.5 Å². The largest absolute Gasteiger partial charge is 0.346 e. The van der Waals surface area contributed by atoms with Crippen LogP contribution in [0.2, 0.25) is 0 Å². The van der Waals surface area contributed by atoms with E-state index in [4.69, 9.17) is 0 Å². The summed E-state index contributed by atoms with van der Waals surface area (Å²) < 4.78 is 1.95. The molecule has 0 saturated heterocycles. The Bertz CT molecular complexity index is 593. The van der Waals surface area contributed by atoms with Crippen LogP contribution in [0.5, 0.6) is 0 Å². The van der Waals surface area contributed by atoms with Crippen LogP contribution in [0.15, 0.2) is 24.4 Å². The lowest BCUT2D eigenvalue weighted by Crippen LogP contribution is -2.33. The quantitative estimate of drug-likeness (QED) is 0.851. The molecule has 0 spiro atoms. The van der Waals surface area contributed by atoms with Crippen molar-refractivity contribution >= 4 is 11.6 Å². The minimum atomic E-state index is -0.0841. The number of rotatable bonds is 7. The molecule has 0 bridgehead atoms. The number of aromatic nitrogens is 3. The molecule has 114 valence electrons. The standard InChI is InChI=1S/C16H24N4O/c1-4-8-12(3)16(21)17-13(9-5-2)15-19-18-14-10-6-7-11-20(14)15/h6-7,10-13H,4-5,8-9H2,1-3H3,(H,17,21)/t12-,13-/m0/s1. The van der Waals surface area contributed by atoms with Crippen LogP contribution in [0, 0.1) is 5.92 Å². The molecule has 0 aromatic carbocycles. The monoisotopic (exact) mass is 288 g/mol. The molecule has 0 aliphatic rings. The van der Waals surface area contributed by atoms with E-state index in [0.717, 1.165) is 37.2 Å². The van der Waals surface area contributed by atoms with Crippen LogP contribution >= 0.6 is 0 Å². The van der Waals surface area contributed by atoms with Crippen molar-refractivity contribution in [2.75, 3.05) is 0 Å². The molecule has 2 aromatic heterocycles. The Balaban J connectivity index is 2.20. The maximum Gasteiger partial charge on any atom is 0.223 e. The number of fused-ring (bicyclic) bond motifs is 1. The van der Waals surface area contributed by atoms with Crippen molar-refractivity contribution in [3.63, 3.8) is 0 Å². The fraction of sp³-hybridized carbons (Fsp3) is 0.562. The topological polar surface area (TPSA) is 59.3 Å². The molecule has 2 rings (SSSR count). The van der Waals surface area contributed by atoms with Gasteiger partial charge >= 0.3 is 0 Å². The van der Waals surface area contributed by atoms with Gasteiger partial charge in [0.05, 0.1) is 6.04 Å². The van der Waals surface area contributed by atoms with Crippen molar-refractivity contribution in [2.24, 2.45) is 5.92 Å². The summed E-state index contributed by atoms with van der Waals surface area (Å²) in [6, 6.07) is 5.72. The van der Waals surface area contributed by atoms with E-state index in [1.165, 1.54) is 0 Å². The number of carbonyl (C=O) groups excluding carboxylic acids is 1. The number of nitrogens with zero attached hydrogens (tertiary/aromatic N) is 3. The predicted octanol–water partition coefficient (Wildman–Crippen LogP) is 3.12. The van der Waals surface area contributed by atoms with E-state index in [9.17, 15) is 4.79 Å². The van der Waals surface area contributed by atoms with Crippen LogP contribution in [0.1, 0.15) is 58.3 Å². The van der Waals surface area contributed by atoms with Crippen LogP contribution in [-0.4, -0.2) is 20.5 Å². The van der Waals surface area contributed by atoms with Gasteiger partial charge in [-0.05, 0) is 25.0 Å². The van der Waals surface area contributed by atoms with Gasteiger partial charge < -0.3 is 5.32 Å². The molecule has 5 heteroatoms. The number of carbonyl (C=O) groups is 1. The minimum Gasteiger partial charge on any atom is -0.346 e. The van der Waals surface area contributed by atoms with Gasteiger partial charge in [0.1, 0.15) is 0 Å². The second kappa shape index (κ2) is 7.20. The van der Waals surface area contributed by atoms with E-state index < -0.39 is 0 Å². The third-order valence-corrected chi connectivity index (χ3v) is 3.71. The molecular formula is C16H24N4O. The molecular weight excluding hydrogens is 264 g/mol. The molecule has 1 amide bonds. The van der Waals surface area contributed by atoms with Gasteiger partial charge in [-0.15, -0.1) is 10.2 Å². The summed E-state index contributed by atoms with van der Waals surface area (Å²) in [4.78, 5) is 12.3. The summed E-state index contributed by atoms with van der Waals surface area (Å²) in [5.74, 6) is 0.945. The van der Waals surface area contributed by atoms with Crippen LogP contribution in [0.3, 0.4) is 0 Å². The van der Waals surface area contributed by atoms with Gasteiger partial charge in [-0.2, -0.15) is 0 Å². The third-order valence-electron chi connectivity index (χ3n) is 3.71. The maximum atomic E-state index is 12.3. The fourth-order valence-electron chi connectivity index (χ4n) is 2.53. The molecule has 0 saturated carbocycles. The highest BCUT2D eigenvalue weighted by Gasteiger charge is 2.21. The molecule has 2 heterocycles. The van der Waals surface area contributed by atoms with Crippen LogP contribution in [-0.2, 0) is 4.79 Å². The van der Waals surface area contributed by atoms with E-state index in [-0.39, 0.29) is 17.9 Å². The SMILES string of the molecule is CCC[C@H](NC(=O)[C@@H](C)CCC)c1nnc2ccccn12. The average molecular weight is 288 g/mol. The zero-order chi connectivity index (χ0) is 15.2. The average Bonchev–Trinajstić information content (AvgIpc) is 2.91. The van der Waals surface area contributed by atoms with Crippen molar-refractivity contribution in [1.82, 2.24) is 19.9 Å². The highest BCUT2D eigenvalue weighted by atomic mass is 16.1. The van der Waals surface area contributed by atoms with Gasteiger partial charge in [-0.25, -0.2) is 0 Å². The van der Waals surface area contributed by atoms with Crippen molar-refractivity contribution in [3.8, 4) is 0 Å². The fourth-order valence-corrected chi connectivity index (χ4v) is 2.53. The highest BCUT2D eigenvalue weighted by molar-refractivity contribution is 5.78. The Kier molecular flexibility index (Phi) is 5.31. The summed E-state index contributed by atoms with van der Waals surface area (Å²) in [5.41, 5.74) is 0.810. The molecule has 0 aliphatic carbocycles. The van der Waals surface area contributed by atoms with Crippen LogP contribution in [0.25, 0.3) is 5.65 Å². The minimum absolute atomic E-state index is 0.0357. The zero-order valence-electron chi connectivity index (χ0n) is 13.0. The Morgan fingerprint density at radius 3 is 2.71 bits per heavy atom. The molecule has 2 aromatic rings. The molecule has 0 fully saturated rings. The number of nitrogens with one attached hydrogen (secondary N) is 1. The summed E-state index contributed by atoms with van der Waals surface area (Å²) >= 11 is 0. The first-order valence-electron chi connectivity index (χ1n) is 7.77. The van der Waals surface area contributed by atoms with E-state index in [1.807, 2.05) is 35.7 Å². The first-order chi connectivity index (χ1) is 10.2. The normalized spacial score (nSPS) is 14.0. The molecule has 5 nitrogen and oxygen atoms in total. The molecule has 1 N–H and O–H groups in total. The second-order valence-corrected chi connectivity index (χ2v) is 5.53. The molecule has 2 atom stereocenters. The van der Waals surface area contributed by atoms with Crippen LogP contribution in [0.4, 0.5) is 0 Å². The Labute approximate surface area is 125 Å². The smallest absolute Gasteiger partial charge is 0.223 e. The Hall–Kier alpha value is -1.91. The summed E-state index contributed by atoms with van der Waals surface area (Å²) in [6.45, 7) is 6.18. The lowest BCUT2D eigenvalue weighted by atomic mass is 10.0. The van der Waals surface area contributed by atoms with Gasteiger partial charge in [0.25, 0.3) is 0 Å². The highest BCUT2D eigenvalue weighted by Crippen LogP contribution is 2.19. The molecule has 0 radical (unpaired) electrons. The number of pyridine rings is 1. The van der Waals surface area contributed by atoms with Crippen molar-refractivity contribution < 1.29 is 4.79 Å². The summed E-state index contributed by atoms with van der Waals surface area (Å²) in [5, 5.41) is 11.6. The van der Waals surface area contributed by atoms with Gasteiger partial charge in [0, 0.05) is 12.1 Å². The lowest BCUT2D eigenvalue weighted by molar-refractivity contribution is -0.125. The number of hydrogen-bond donors (Lipinski definition) is 1. The van der Waals surface area contributed by atoms with E-state index in [2.05, 4.69) is 29.4 Å². The third kappa shape index (κ3) is 3.60. The summed E-state index contributed by atoms with van der Waals surface area (Å²) in [6.07, 6.45) is 5.70. The molecule has 0 unspecified atom stereocenters. The number of hydrogen-bond acceptors (Lipinski definition) is 3. The predicted molar refractivity (Wildman–Crippen MR) is 82.9 cm³/mol. The van der Waals surface area contributed by atoms with Crippen LogP contribution < -0.4 is 5.32 Å². The molecule has 21 heavy (non-hydrogen) atoms. The van der Waals surface area contributed by atoms with Crippen molar-refractivity contribution in [1.29, 1.82) is 0 Å². The molecule has 0 aliphatic heterocycles. The number of amides is 1. The van der Waals surface area contributed by atoms with Gasteiger partial charge in [0.15, 0.2) is 11.5 Å².